The number of carbonyl (C=O) groups excluding carboxylic acids is 1. The number of carboxylic acids is 1. The zero-order chi connectivity index (χ0) is 14.4. The van der Waals surface area contributed by atoms with Gasteiger partial charge in [-0.15, -0.1) is 0 Å². The Kier molecular flexibility index (Phi) is 5.36. The van der Waals surface area contributed by atoms with Crippen molar-refractivity contribution >= 4 is 11.9 Å². The highest BCUT2D eigenvalue weighted by molar-refractivity contribution is 5.84. The second-order valence-corrected chi connectivity index (χ2v) is 4.73. The molecule has 0 aliphatic rings. The fraction of sp³-hybridized carbons (Fsp3) is 0.429. The van der Waals surface area contributed by atoms with Crippen molar-refractivity contribution < 1.29 is 19.4 Å². The second-order valence-electron chi connectivity index (χ2n) is 4.73. The standard InChI is InChI=1S/C14H19NO4/c1-9(2)13(14(17)18)15-12(16)8-19-11-6-4-5-10(3)7-11/h4-7,9,13H,8H2,1-3H3,(H,15,16)(H,17,18)/t13-/m0/s1. The maximum atomic E-state index is 11.6. The molecule has 0 aromatic heterocycles. The van der Waals surface area contributed by atoms with Crippen LogP contribution in [0.2, 0.25) is 0 Å². The smallest absolute Gasteiger partial charge is 0.326 e. The van der Waals surface area contributed by atoms with E-state index in [1.807, 2.05) is 25.1 Å². The van der Waals surface area contributed by atoms with Gasteiger partial charge in [-0.1, -0.05) is 26.0 Å². The van der Waals surface area contributed by atoms with Gasteiger partial charge >= 0.3 is 5.97 Å². The lowest BCUT2D eigenvalue weighted by Gasteiger charge is -2.18. The molecule has 0 saturated carbocycles. The molecular formula is C14H19NO4. The Bertz CT molecular complexity index is 457. The monoisotopic (exact) mass is 265 g/mol. The second kappa shape index (κ2) is 6.78. The largest absolute Gasteiger partial charge is 0.484 e. The van der Waals surface area contributed by atoms with Crippen LogP contribution in [-0.4, -0.2) is 29.6 Å². The molecule has 0 bridgehead atoms. The lowest BCUT2D eigenvalue weighted by molar-refractivity contribution is -0.143. The third-order valence-corrected chi connectivity index (χ3v) is 2.61. The van der Waals surface area contributed by atoms with Crippen LogP contribution < -0.4 is 10.1 Å². The van der Waals surface area contributed by atoms with E-state index in [0.29, 0.717) is 5.75 Å². The normalized spacial score (nSPS) is 12.0. The molecule has 2 N–H and O–H groups in total. The predicted octanol–water partition coefficient (Wildman–Crippen LogP) is 1.60. The molecule has 5 nitrogen and oxygen atoms in total. The molecule has 1 aromatic rings. The number of hydrogen-bond acceptors (Lipinski definition) is 3. The lowest BCUT2D eigenvalue weighted by Crippen LogP contribution is -2.46. The molecule has 104 valence electrons. The van der Waals surface area contributed by atoms with Crippen LogP contribution in [0, 0.1) is 12.8 Å². The van der Waals surface area contributed by atoms with E-state index >= 15 is 0 Å². The molecule has 1 atom stereocenters. The predicted molar refractivity (Wildman–Crippen MR) is 71.1 cm³/mol. The molecule has 0 fully saturated rings. The van der Waals surface area contributed by atoms with Crippen LogP contribution in [0.1, 0.15) is 19.4 Å². The fourth-order valence-electron chi connectivity index (χ4n) is 1.58. The minimum absolute atomic E-state index is 0.180. The topological polar surface area (TPSA) is 75.6 Å². The highest BCUT2D eigenvalue weighted by Crippen LogP contribution is 2.12. The summed E-state index contributed by atoms with van der Waals surface area (Å²) in [6.07, 6.45) is 0. The summed E-state index contributed by atoms with van der Waals surface area (Å²) in [7, 11) is 0. The van der Waals surface area contributed by atoms with Crippen molar-refractivity contribution in [3.05, 3.63) is 29.8 Å². The third-order valence-electron chi connectivity index (χ3n) is 2.61. The van der Waals surface area contributed by atoms with E-state index in [-0.39, 0.29) is 12.5 Å². The van der Waals surface area contributed by atoms with Crippen molar-refractivity contribution in [1.82, 2.24) is 5.32 Å². The Morgan fingerprint density at radius 1 is 1.37 bits per heavy atom. The summed E-state index contributed by atoms with van der Waals surface area (Å²) in [6, 6.07) is 6.42. The molecule has 0 unspecified atom stereocenters. The first kappa shape index (κ1) is 15.0. The van der Waals surface area contributed by atoms with Crippen LogP contribution in [0.5, 0.6) is 5.75 Å². The lowest BCUT2D eigenvalue weighted by atomic mass is 10.1. The van der Waals surface area contributed by atoms with Gasteiger partial charge in [0.15, 0.2) is 6.61 Å². The minimum Gasteiger partial charge on any atom is -0.484 e. The van der Waals surface area contributed by atoms with E-state index in [9.17, 15) is 9.59 Å². The number of ether oxygens (including phenoxy) is 1. The summed E-state index contributed by atoms with van der Waals surface area (Å²) in [5.41, 5.74) is 1.03. The van der Waals surface area contributed by atoms with Gasteiger partial charge < -0.3 is 15.2 Å². The van der Waals surface area contributed by atoms with Crippen LogP contribution >= 0.6 is 0 Å². The number of rotatable bonds is 6. The first-order valence-corrected chi connectivity index (χ1v) is 6.11. The average molecular weight is 265 g/mol. The summed E-state index contributed by atoms with van der Waals surface area (Å²) < 4.78 is 5.30. The average Bonchev–Trinajstić information content (AvgIpc) is 2.32. The SMILES string of the molecule is Cc1cccc(OCC(=O)N[C@H](C(=O)O)C(C)C)c1. The first-order valence-electron chi connectivity index (χ1n) is 6.11. The number of hydrogen-bond donors (Lipinski definition) is 2. The molecular weight excluding hydrogens is 246 g/mol. The van der Waals surface area contributed by atoms with Gasteiger partial charge in [-0.25, -0.2) is 4.79 Å². The number of aryl methyl sites for hydroxylation is 1. The van der Waals surface area contributed by atoms with Crippen molar-refractivity contribution in [3.8, 4) is 5.75 Å². The van der Waals surface area contributed by atoms with E-state index in [2.05, 4.69) is 5.32 Å². The van der Waals surface area contributed by atoms with Gasteiger partial charge in [-0.2, -0.15) is 0 Å². The Labute approximate surface area is 112 Å². The van der Waals surface area contributed by atoms with Crippen molar-refractivity contribution in [1.29, 1.82) is 0 Å². The van der Waals surface area contributed by atoms with Gasteiger partial charge in [0.25, 0.3) is 5.91 Å². The zero-order valence-corrected chi connectivity index (χ0v) is 11.3. The molecule has 19 heavy (non-hydrogen) atoms. The van der Waals surface area contributed by atoms with Crippen LogP contribution in [0.15, 0.2) is 24.3 Å². The summed E-state index contributed by atoms with van der Waals surface area (Å²) in [4.78, 5) is 22.6. The molecule has 0 saturated heterocycles. The summed E-state index contributed by atoms with van der Waals surface area (Å²) in [6.45, 7) is 5.20. The maximum Gasteiger partial charge on any atom is 0.326 e. The van der Waals surface area contributed by atoms with E-state index in [1.165, 1.54) is 0 Å². The number of amides is 1. The molecule has 1 amide bonds. The Hall–Kier alpha value is -2.04. The molecule has 1 rings (SSSR count). The van der Waals surface area contributed by atoms with Crippen LogP contribution in [0.4, 0.5) is 0 Å². The first-order chi connectivity index (χ1) is 8.90. The van der Waals surface area contributed by atoms with Crippen molar-refractivity contribution in [2.45, 2.75) is 26.8 Å². The molecule has 5 heteroatoms. The summed E-state index contributed by atoms with van der Waals surface area (Å²) in [5, 5.41) is 11.4. The highest BCUT2D eigenvalue weighted by atomic mass is 16.5. The Morgan fingerprint density at radius 2 is 2.05 bits per heavy atom. The van der Waals surface area contributed by atoms with Crippen LogP contribution in [-0.2, 0) is 9.59 Å². The van der Waals surface area contributed by atoms with Crippen molar-refractivity contribution in [2.24, 2.45) is 5.92 Å². The van der Waals surface area contributed by atoms with Gasteiger partial charge in [0.2, 0.25) is 0 Å². The van der Waals surface area contributed by atoms with E-state index in [4.69, 9.17) is 9.84 Å². The van der Waals surface area contributed by atoms with Crippen molar-refractivity contribution in [3.63, 3.8) is 0 Å². The highest BCUT2D eigenvalue weighted by Gasteiger charge is 2.23. The van der Waals surface area contributed by atoms with Gasteiger partial charge in [0, 0.05) is 0 Å². The number of carbonyl (C=O) groups is 2. The van der Waals surface area contributed by atoms with E-state index in [0.717, 1.165) is 5.56 Å². The Morgan fingerprint density at radius 3 is 2.58 bits per heavy atom. The molecule has 1 aromatic carbocycles. The maximum absolute atomic E-state index is 11.6. The number of aliphatic carboxylic acids is 1. The van der Waals surface area contributed by atoms with Gasteiger partial charge in [-0.05, 0) is 30.5 Å². The van der Waals surface area contributed by atoms with Gasteiger partial charge in [-0.3, -0.25) is 4.79 Å². The summed E-state index contributed by atoms with van der Waals surface area (Å²) in [5.74, 6) is -1.08. The third kappa shape index (κ3) is 4.99. The molecule has 0 aliphatic carbocycles. The quantitative estimate of drug-likeness (QED) is 0.819. The van der Waals surface area contributed by atoms with E-state index < -0.39 is 17.9 Å². The van der Waals surface area contributed by atoms with Gasteiger partial charge in [0.1, 0.15) is 11.8 Å². The number of benzene rings is 1. The molecule has 0 spiro atoms. The number of nitrogens with one attached hydrogen (secondary N) is 1. The van der Waals surface area contributed by atoms with Gasteiger partial charge in [0.05, 0.1) is 0 Å². The van der Waals surface area contributed by atoms with Crippen LogP contribution in [0.25, 0.3) is 0 Å². The zero-order valence-electron chi connectivity index (χ0n) is 11.3. The van der Waals surface area contributed by atoms with Crippen LogP contribution in [0.3, 0.4) is 0 Å². The minimum atomic E-state index is -1.04. The molecule has 0 aliphatic heterocycles. The van der Waals surface area contributed by atoms with Crippen molar-refractivity contribution in [2.75, 3.05) is 6.61 Å². The molecule has 0 heterocycles. The number of carboxylic acid groups (broad SMARTS) is 1. The van der Waals surface area contributed by atoms with E-state index in [1.54, 1.807) is 19.9 Å². The Balaban J connectivity index is 2.49. The fourth-order valence-corrected chi connectivity index (χ4v) is 1.58. The summed E-state index contributed by atoms with van der Waals surface area (Å²) >= 11 is 0. The molecule has 0 radical (unpaired) electrons.